The summed E-state index contributed by atoms with van der Waals surface area (Å²) in [5, 5.41) is 7.56. The van der Waals surface area contributed by atoms with Gasteiger partial charge in [-0.15, -0.1) is 0 Å². The first-order valence-corrected chi connectivity index (χ1v) is 9.65. The number of nitrogens with zero attached hydrogens (tertiary/aromatic N) is 2. The Kier molecular flexibility index (Phi) is 5.11. The van der Waals surface area contributed by atoms with E-state index in [0.717, 1.165) is 16.5 Å². The molecule has 1 atom stereocenters. The van der Waals surface area contributed by atoms with E-state index in [1.165, 1.54) is 4.57 Å². The van der Waals surface area contributed by atoms with E-state index in [2.05, 4.69) is 15.6 Å². The first-order valence-electron chi connectivity index (χ1n) is 8.86. The van der Waals surface area contributed by atoms with Crippen LogP contribution < -0.4 is 10.6 Å². The van der Waals surface area contributed by atoms with Gasteiger partial charge < -0.3 is 10.6 Å². The van der Waals surface area contributed by atoms with Crippen molar-refractivity contribution in [3.8, 4) is 0 Å². The lowest BCUT2D eigenvalue weighted by molar-refractivity contribution is -0.121. The van der Waals surface area contributed by atoms with Crippen molar-refractivity contribution in [2.45, 2.75) is 25.4 Å². The molecule has 1 amide bonds. The Bertz CT molecular complexity index is 1130. The van der Waals surface area contributed by atoms with Gasteiger partial charge in [-0.1, -0.05) is 35.9 Å². The lowest BCUT2D eigenvalue weighted by Crippen LogP contribution is -2.29. The fourth-order valence-corrected chi connectivity index (χ4v) is 3.64. The Morgan fingerprint density at radius 2 is 1.96 bits per heavy atom. The monoisotopic (exact) mass is 412 g/mol. The van der Waals surface area contributed by atoms with Crippen molar-refractivity contribution in [2.75, 3.05) is 5.32 Å². The van der Waals surface area contributed by atoms with Crippen molar-refractivity contribution in [3.63, 3.8) is 0 Å². The number of amides is 1. The topological polar surface area (TPSA) is 76.0 Å². The molecule has 0 fully saturated rings. The fraction of sp³-hybridized carbons (Fsp3) is 0.200. The van der Waals surface area contributed by atoms with Crippen molar-refractivity contribution in [3.05, 3.63) is 63.9 Å². The quantitative estimate of drug-likeness (QED) is 0.620. The molecule has 4 rings (SSSR count). The molecule has 0 unspecified atom stereocenters. The lowest BCUT2D eigenvalue weighted by atomic mass is 10.1. The van der Waals surface area contributed by atoms with Gasteiger partial charge in [0.05, 0.1) is 5.52 Å². The van der Waals surface area contributed by atoms with E-state index in [1.807, 2.05) is 36.4 Å². The minimum absolute atomic E-state index is 0.118. The zero-order chi connectivity index (χ0) is 19.7. The minimum atomic E-state index is -0.504. The van der Waals surface area contributed by atoms with Crippen molar-refractivity contribution >= 4 is 52.4 Å². The molecule has 1 aliphatic heterocycles. The first kappa shape index (κ1) is 18.6. The summed E-state index contributed by atoms with van der Waals surface area (Å²) in [6.45, 7) is 0.419. The maximum absolute atomic E-state index is 12.7. The van der Waals surface area contributed by atoms with Gasteiger partial charge in [0.2, 0.25) is 10.7 Å². The predicted octanol–water partition coefficient (Wildman–Crippen LogP) is 3.95. The molecule has 1 aromatic heterocycles. The van der Waals surface area contributed by atoms with E-state index < -0.39 is 6.04 Å². The third-order valence-electron chi connectivity index (χ3n) is 4.68. The Balaban J connectivity index is 1.40. The smallest absolute Gasteiger partial charge is 0.257 e. The lowest BCUT2D eigenvalue weighted by Gasteiger charge is -2.09. The van der Waals surface area contributed by atoms with Crippen molar-refractivity contribution in [1.82, 2.24) is 14.9 Å². The highest BCUT2D eigenvalue weighted by atomic mass is 35.5. The standard InChI is InChI=1S/C20H17ClN4O2S/c21-13-7-5-12(6-8-13)11-22-17(26)10-9-16-19(27)25-18(23-16)14-3-1-2-4-15(14)24-20(25)28/h1-8,16,23H,9-11H2,(H,22,26)/t16-/m0/s1. The van der Waals surface area contributed by atoms with Crippen molar-refractivity contribution in [1.29, 1.82) is 0 Å². The number of para-hydroxylation sites is 1. The summed E-state index contributed by atoms with van der Waals surface area (Å²) in [6, 6.07) is 14.3. The number of benzene rings is 2. The molecule has 0 saturated heterocycles. The van der Waals surface area contributed by atoms with Crippen LogP contribution in [0.2, 0.25) is 5.02 Å². The average molecular weight is 413 g/mol. The third-order valence-corrected chi connectivity index (χ3v) is 5.21. The van der Waals surface area contributed by atoms with E-state index in [1.54, 1.807) is 12.1 Å². The van der Waals surface area contributed by atoms with Gasteiger partial charge in [0.15, 0.2) is 0 Å². The number of aromatic nitrogens is 2. The maximum atomic E-state index is 12.7. The zero-order valence-electron chi connectivity index (χ0n) is 14.8. The number of halogens is 1. The van der Waals surface area contributed by atoms with Crippen LogP contribution in [0.1, 0.15) is 23.2 Å². The second kappa shape index (κ2) is 7.69. The molecule has 0 bridgehead atoms. The summed E-state index contributed by atoms with van der Waals surface area (Å²) in [6.07, 6.45) is 0.597. The number of carbonyl (C=O) groups excluding carboxylic acids is 2. The highest BCUT2D eigenvalue weighted by Crippen LogP contribution is 2.29. The van der Waals surface area contributed by atoms with Crippen LogP contribution in [0.25, 0.3) is 10.9 Å². The van der Waals surface area contributed by atoms with Gasteiger partial charge in [-0.3, -0.25) is 9.59 Å². The molecular weight excluding hydrogens is 396 g/mol. The van der Waals surface area contributed by atoms with Crippen LogP contribution in [0.15, 0.2) is 48.5 Å². The number of anilines is 1. The first-order chi connectivity index (χ1) is 13.5. The molecule has 2 heterocycles. The van der Waals surface area contributed by atoms with Gasteiger partial charge in [0, 0.05) is 23.4 Å². The van der Waals surface area contributed by atoms with Crippen LogP contribution in [-0.2, 0) is 11.3 Å². The van der Waals surface area contributed by atoms with E-state index >= 15 is 0 Å². The summed E-state index contributed by atoms with van der Waals surface area (Å²) >= 11 is 11.1. The molecule has 0 spiro atoms. The normalized spacial score (nSPS) is 15.3. The number of carbonyl (C=O) groups is 2. The van der Waals surface area contributed by atoms with Crippen LogP contribution in [0.3, 0.4) is 0 Å². The molecule has 6 nitrogen and oxygen atoms in total. The Hall–Kier alpha value is -2.77. The van der Waals surface area contributed by atoms with Gasteiger partial charge in [-0.2, -0.15) is 0 Å². The summed E-state index contributed by atoms with van der Waals surface area (Å²) < 4.78 is 1.65. The summed E-state index contributed by atoms with van der Waals surface area (Å²) in [5.41, 5.74) is 1.70. The van der Waals surface area contributed by atoms with Gasteiger partial charge in [-0.25, -0.2) is 9.55 Å². The molecule has 1 aliphatic rings. The van der Waals surface area contributed by atoms with Gasteiger partial charge in [0.1, 0.15) is 11.9 Å². The number of hydrogen-bond acceptors (Lipinski definition) is 5. The minimum Gasteiger partial charge on any atom is -0.359 e. The molecule has 28 heavy (non-hydrogen) atoms. The van der Waals surface area contributed by atoms with E-state index in [4.69, 9.17) is 23.8 Å². The molecule has 0 aliphatic carbocycles. The predicted molar refractivity (Wildman–Crippen MR) is 111 cm³/mol. The van der Waals surface area contributed by atoms with Crippen LogP contribution >= 0.6 is 23.8 Å². The maximum Gasteiger partial charge on any atom is 0.257 e. The van der Waals surface area contributed by atoms with E-state index in [0.29, 0.717) is 23.8 Å². The van der Waals surface area contributed by atoms with Gasteiger partial charge >= 0.3 is 0 Å². The SMILES string of the molecule is O=C(CC[C@@H]1Nc2c3ccccc3nc(=S)n2C1=O)NCc1ccc(Cl)cc1. The number of rotatable bonds is 5. The van der Waals surface area contributed by atoms with E-state index in [-0.39, 0.29) is 23.0 Å². The molecule has 8 heteroatoms. The molecule has 0 radical (unpaired) electrons. The van der Waals surface area contributed by atoms with Crippen LogP contribution in [0, 0.1) is 4.77 Å². The average Bonchev–Trinajstić information content (AvgIpc) is 3.03. The van der Waals surface area contributed by atoms with Crippen molar-refractivity contribution < 1.29 is 9.59 Å². The second-order valence-corrected chi connectivity index (χ2v) is 7.37. The third kappa shape index (κ3) is 3.63. The summed E-state index contributed by atoms with van der Waals surface area (Å²) in [5.74, 6) is 0.350. The molecule has 2 N–H and O–H groups in total. The van der Waals surface area contributed by atoms with Gasteiger partial charge in [-0.05, 0) is 48.5 Å². The number of hydrogen-bond donors (Lipinski definition) is 2. The van der Waals surface area contributed by atoms with Crippen LogP contribution in [-0.4, -0.2) is 27.4 Å². The Morgan fingerprint density at radius 1 is 1.21 bits per heavy atom. The highest BCUT2D eigenvalue weighted by molar-refractivity contribution is 7.71. The van der Waals surface area contributed by atoms with Crippen LogP contribution in [0.5, 0.6) is 0 Å². The van der Waals surface area contributed by atoms with E-state index in [9.17, 15) is 9.59 Å². The molecule has 142 valence electrons. The highest BCUT2D eigenvalue weighted by Gasteiger charge is 2.31. The van der Waals surface area contributed by atoms with Crippen LogP contribution in [0.4, 0.5) is 5.82 Å². The molecular formula is C20H17ClN4O2S. The van der Waals surface area contributed by atoms with Gasteiger partial charge in [0.25, 0.3) is 5.91 Å². The molecule has 0 saturated carbocycles. The zero-order valence-corrected chi connectivity index (χ0v) is 16.4. The number of nitrogens with one attached hydrogen (secondary N) is 2. The second-order valence-electron chi connectivity index (χ2n) is 6.57. The Labute approximate surface area is 171 Å². The largest absolute Gasteiger partial charge is 0.359 e. The number of fused-ring (bicyclic) bond motifs is 3. The summed E-state index contributed by atoms with van der Waals surface area (Å²) in [4.78, 5) is 29.2. The Morgan fingerprint density at radius 3 is 2.75 bits per heavy atom. The fourth-order valence-electron chi connectivity index (χ4n) is 3.23. The molecule has 2 aromatic carbocycles. The van der Waals surface area contributed by atoms with Crippen molar-refractivity contribution in [2.24, 2.45) is 0 Å². The summed E-state index contributed by atoms with van der Waals surface area (Å²) in [7, 11) is 0. The molecule has 3 aromatic rings.